The third kappa shape index (κ3) is 1.96. The van der Waals surface area contributed by atoms with E-state index in [9.17, 15) is 4.79 Å². The van der Waals surface area contributed by atoms with Crippen molar-refractivity contribution in [1.82, 2.24) is 4.90 Å². The van der Waals surface area contributed by atoms with E-state index in [-0.39, 0.29) is 23.2 Å². The Morgan fingerprint density at radius 1 is 1.33 bits per heavy atom. The van der Waals surface area contributed by atoms with Crippen LogP contribution in [0.1, 0.15) is 25.3 Å². The minimum absolute atomic E-state index is 0.0461. The fourth-order valence-electron chi connectivity index (χ4n) is 6.82. The molecule has 1 aromatic rings. The summed E-state index contributed by atoms with van der Waals surface area (Å²) in [4.78, 5) is 18.2. The van der Waals surface area contributed by atoms with Crippen molar-refractivity contribution in [2.45, 2.75) is 37.3 Å². The molecule has 5 unspecified atom stereocenters. The van der Waals surface area contributed by atoms with Gasteiger partial charge in [0.15, 0.2) is 0 Å². The summed E-state index contributed by atoms with van der Waals surface area (Å²) < 4.78 is 10.9. The standard InChI is InChI=1S/C22H28N2O3/c1-5-13-12-24-9-8-22-16-7-6-14(26-3)10-17(16)23(2)20(22)18(24)11-15(13)19(22)21(25)27-4/h5-7,10,15,18-20H,8-9,11-12H2,1-4H3. The predicted molar refractivity (Wildman–Crippen MR) is 104 cm³/mol. The Balaban J connectivity index is 1.76. The van der Waals surface area contributed by atoms with Crippen LogP contribution in [0.3, 0.4) is 0 Å². The van der Waals surface area contributed by atoms with Gasteiger partial charge in [-0.1, -0.05) is 17.7 Å². The highest BCUT2D eigenvalue weighted by atomic mass is 16.5. The molecule has 0 amide bonds. The Labute approximate surface area is 160 Å². The molecular formula is C22H28N2O3. The molecule has 0 spiro atoms. The number of fused-ring (bicyclic) bond motifs is 2. The fraction of sp³-hybridized carbons (Fsp3) is 0.591. The van der Waals surface area contributed by atoms with Gasteiger partial charge < -0.3 is 14.4 Å². The zero-order chi connectivity index (χ0) is 18.9. The third-order valence-corrected chi connectivity index (χ3v) is 7.82. The van der Waals surface area contributed by atoms with Crippen molar-refractivity contribution in [3.63, 3.8) is 0 Å². The molecule has 5 nitrogen and oxygen atoms in total. The molecule has 1 aromatic carbocycles. The molecule has 0 radical (unpaired) electrons. The zero-order valence-electron chi connectivity index (χ0n) is 16.6. The van der Waals surface area contributed by atoms with Gasteiger partial charge in [-0.15, -0.1) is 0 Å². The molecule has 5 heteroatoms. The number of allylic oxidation sites excluding steroid dienone is 1. The number of benzene rings is 1. The van der Waals surface area contributed by atoms with Gasteiger partial charge in [-0.25, -0.2) is 0 Å². The molecule has 5 atom stereocenters. The second-order valence-electron chi connectivity index (χ2n) is 8.47. The maximum absolute atomic E-state index is 13.2. The highest BCUT2D eigenvalue weighted by molar-refractivity contribution is 5.80. The molecule has 4 aliphatic rings. The van der Waals surface area contributed by atoms with Crippen molar-refractivity contribution >= 4 is 11.7 Å². The zero-order valence-corrected chi connectivity index (χ0v) is 16.6. The molecule has 3 bridgehead atoms. The summed E-state index contributed by atoms with van der Waals surface area (Å²) in [5.41, 5.74) is 3.74. The molecule has 1 aliphatic carbocycles. The molecule has 27 heavy (non-hydrogen) atoms. The molecule has 5 rings (SSSR count). The second-order valence-corrected chi connectivity index (χ2v) is 8.47. The van der Waals surface area contributed by atoms with Crippen LogP contribution in [0.4, 0.5) is 5.69 Å². The molecule has 3 heterocycles. The van der Waals surface area contributed by atoms with Gasteiger partial charge in [-0.3, -0.25) is 9.69 Å². The number of ether oxygens (including phenoxy) is 2. The number of nitrogens with zero attached hydrogens (tertiary/aromatic N) is 2. The maximum Gasteiger partial charge on any atom is 0.310 e. The predicted octanol–water partition coefficient (Wildman–Crippen LogP) is 2.59. The average molecular weight is 368 g/mol. The number of hydrogen-bond acceptors (Lipinski definition) is 5. The topological polar surface area (TPSA) is 42.0 Å². The highest BCUT2D eigenvalue weighted by Gasteiger charge is 2.68. The minimum Gasteiger partial charge on any atom is -0.497 e. The van der Waals surface area contributed by atoms with E-state index in [4.69, 9.17) is 9.47 Å². The summed E-state index contributed by atoms with van der Waals surface area (Å²) in [5.74, 6) is 0.989. The first kappa shape index (κ1) is 17.1. The smallest absolute Gasteiger partial charge is 0.310 e. The Morgan fingerprint density at radius 3 is 2.85 bits per heavy atom. The summed E-state index contributed by atoms with van der Waals surface area (Å²) in [5, 5.41) is 0. The van der Waals surface area contributed by atoms with Crippen molar-refractivity contribution in [3.8, 4) is 5.75 Å². The van der Waals surface area contributed by atoms with Crippen LogP contribution in [-0.4, -0.2) is 57.3 Å². The largest absolute Gasteiger partial charge is 0.497 e. The van der Waals surface area contributed by atoms with Gasteiger partial charge in [0.05, 0.1) is 26.2 Å². The lowest BCUT2D eigenvalue weighted by Crippen LogP contribution is -2.72. The van der Waals surface area contributed by atoms with E-state index in [1.807, 2.05) is 6.07 Å². The van der Waals surface area contributed by atoms with Crippen LogP contribution in [-0.2, 0) is 14.9 Å². The van der Waals surface area contributed by atoms with E-state index in [2.05, 4.69) is 42.0 Å². The van der Waals surface area contributed by atoms with E-state index in [0.717, 1.165) is 31.7 Å². The fourth-order valence-corrected chi connectivity index (χ4v) is 6.82. The van der Waals surface area contributed by atoms with Gasteiger partial charge in [0, 0.05) is 36.8 Å². The highest BCUT2D eigenvalue weighted by Crippen LogP contribution is 2.63. The molecule has 0 N–H and O–H groups in total. The first-order valence-corrected chi connectivity index (χ1v) is 9.95. The van der Waals surface area contributed by atoms with Gasteiger partial charge in [-0.2, -0.15) is 0 Å². The lowest BCUT2D eigenvalue weighted by atomic mass is 9.50. The SMILES string of the molecule is CC=C1CN2CCC34c5ccc(OC)cc5N(C)C3C2CC1C4C(=O)OC. The summed E-state index contributed by atoms with van der Waals surface area (Å²) in [6, 6.07) is 7.18. The van der Waals surface area contributed by atoms with Crippen LogP contribution < -0.4 is 9.64 Å². The van der Waals surface area contributed by atoms with E-state index < -0.39 is 0 Å². The number of carbonyl (C=O) groups is 1. The summed E-state index contributed by atoms with van der Waals surface area (Å²) in [6.45, 7) is 4.14. The van der Waals surface area contributed by atoms with Gasteiger partial charge in [0.2, 0.25) is 0 Å². The molecule has 1 saturated carbocycles. The first-order chi connectivity index (χ1) is 13.1. The molecule has 2 saturated heterocycles. The van der Waals surface area contributed by atoms with Crippen LogP contribution in [0, 0.1) is 11.8 Å². The average Bonchev–Trinajstić information content (AvgIpc) is 2.96. The Bertz CT molecular complexity index is 835. The van der Waals surface area contributed by atoms with Crippen molar-refractivity contribution in [3.05, 3.63) is 35.4 Å². The van der Waals surface area contributed by atoms with E-state index in [0.29, 0.717) is 12.1 Å². The quantitative estimate of drug-likeness (QED) is 0.593. The van der Waals surface area contributed by atoms with Gasteiger partial charge >= 0.3 is 5.97 Å². The Kier molecular flexibility index (Phi) is 3.64. The summed E-state index contributed by atoms with van der Waals surface area (Å²) >= 11 is 0. The van der Waals surface area contributed by atoms with Crippen molar-refractivity contribution in [2.75, 3.05) is 39.3 Å². The van der Waals surface area contributed by atoms with Crippen LogP contribution in [0.5, 0.6) is 5.75 Å². The van der Waals surface area contributed by atoms with Crippen LogP contribution >= 0.6 is 0 Å². The van der Waals surface area contributed by atoms with Crippen molar-refractivity contribution in [1.29, 1.82) is 0 Å². The van der Waals surface area contributed by atoms with Crippen LogP contribution in [0.2, 0.25) is 0 Å². The van der Waals surface area contributed by atoms with Crippen molar-refractivity contribution in [2.24, 2.45) is 11.8 Å². The summed E-state index contributed by atoms with van der Waals surface area (Å²) in [7, 11) is 5.44. The number of likely N-dealkylation sites (N-methyl/N-ethyl adjacent to an activating group) is 1. The van der Waals surface area contributed by atoms with Crippen LogP contribution in [0.25, 0.3) is 0 Å². The molecule has 3 fully saturated rings. The van der Waals surface area contributed by atoms with E-state index >= 15 is 0 Å². The number of methoxy groups -OCH3 is 2. The monoisotopic (exact) mass is 368 g/mol. The molecule has 3 aliphatic heterocycles. The maximum atomic E-state index is 13.2. The molecule has 144 valence electrons. The number of rotatable bonds is 2. The van der Waals surface area contributed by atoms with Crippen molar-refractivity contribution < 1.29 is 14.3 Å². The van der Waals surface area contributed by atoms with E-state index in [1.54, 1.807) is 14.2 Å². The number of anilines is 1. The lowest BCUT2D eigenvalue weighted by molar-refractivity contribution is -0.158. The minimum atomic E-state index is -0.178. The Hall–Kier alpha value is -2.01. The number of carbonyl (C=O) groups excluding carboxylic acids is 1. The number of piperidine rings is 2. The first-order valence-electron chi connectivity index (χ1n) is 9.95. The second kappa shape index (κ2) is 5.74. The Morgan fingerprint density at radius 2 is 2.15 bits per heavy atom. The normalized spacial score (nSPS) is 37.9. The molecule has 0 aromatic heterocycles. The van der Waals surface area contributed by atoms with Crippen LogP contribution in [0.15, 0.2) is 29.8 Å². The third-order valence-electron chi connectivity index (χ3n) is 7.82. The van der Waals surface area contributed by atoms with Gasteiger partial charge in [-0.05, 0) is 43.9 Å². The lowest BCUT2D eigenvalue weighted by Gasteiger charge is -2.63. The number of hydrogen-bond donors (Lipinski definition) is 0. The van der Waals surface area contributed by atoms with E-state index in [1.165, 1.54) is 16.8 Å². The molecular weight excluding hydrogens is 340 g/mol. The number of esters is 1. The van der Waals surface area contributed by atoms with Gasteiger partial charge in [0.25, 0.3) is 0 Å². The van der Waals surface area contributed by atoms with Gasteiger partial charge in [0.1, 0.15) is 5.75 Å². The summed E-state index contributed by atoms with van der Waals surface area (Å²) in [6.07, 6.45) is 4.28.